The summed E-state index contributed by atoms with van der Waals surface area (Å²) in [7, 11) is 0. The van der Waals surface area contributed by atoms with Crippen LogP contribution in [-0.2, 0) is 4.74 Å². The van der Waals surface area contributed by atoms with Gasteiger partial charge in [0.1, 0.15) is 5.60 Å². The molecule has 4 heteroatoms. The fraction of sp³-hybridized carbons (Fsp3) is 0.786. The van der Waals surface area contributed by atoms with E-state index in [2.05, 4.69) is 6.58 Å². The second-order valence-corrected chi connectivity index (χ2v) is 5.91. The molecule has 104 valence electrons. The van der Waals surface area contributed by atoms with Gasteiger partial charge in [0.25, 0.3) is 0 Å². The summed E-state index contributed by atoms with van der Waals surface area (Å²) in [5, 5.41) is 9.99. The highest BCUT2D eigenvalue weighted by atomic mass is 16.6. The molecule has 1 aliphatic rings. The number of aliphatic hydroxyl groups is 1. The predicted molar refractivity (Wildman–Crippen MR) is 71.4 cm³/mol. The van der Waals surface area contributed by atoms with Gasteiger partial charge < -0.3 is 14.7 Å². The average Bonchev–Trinajstić information content (AvgIpc) is 2.72. The van der Waals surface area contributed by atoms with E-state index in [-0.39, 0.29) is 18.1 Å². The molecule has 4 nitrogen and oxygen atoms in total. The number of hydrogen-bond acceptors (Lipinski definition) is 3. The van der Waals surface area contributed by atoms with Crippen LogP contribution in [0.2, 0.25) is 0 Å². The maximum Gasteiger partial charge on any atom is 0.410 e. The standard InChI is InChI=1S/C14H25NO3/c1-5-6-7-12(16)11-8-9-15(10-11)13(17)18-14(2,3)4/h5,11-12,16H,1,6-10H2,2-4H3/t11-,12?/m1/s1. The average molecular weight is 255 g/mol. The first-order chi connectivity index (χ1) is 8.33. The molecule has 0 aliphatic carbocycles. The molecule has 0 saturated carbocycles. The van der Waals surface area contributed by atoms with Crippen LogP contribution < -0.4 is 0 Å². The molecule has 1 unspecified atom stereocenters. The number of likely N-dealkylation sites (tertiary alicyclic amines) is 1. The third-order valence-corrected chi connectivity index (χ3v) is 3.09. The van der Waals surface area contributed by atoms with E-state index in [0.717, 1.165) is 19.3 Å². The Balaban J connectivity index is 2.41. The van der Waals surface area contributed by atoms with Gasteiger partial charge in [0.15, 0.2) is 0 Å². The highest BCUT2D eigenvalue weighted by molar-refractivity contribution is 5.68. The lowest BCUT2D eigenvalue weighted by molar-refractivity contribution is 0.0266. The Morgan fingerprint density at radius 1 is 1.61 bits per heavy atom. The molecule has 0 spiro atoms. The minimum atomic E-state index is -0.462. The second kappa shape index (κ2) is 6.23. The van der Waals surface area contributed by atoms with Crippen molar-refractivity contribution in [2.45, 2.75) is 51.7 Å². The monoisotopic (exact) mass is 255 g/mol. The summed E-state index contributed by atoms with van der Waals surface area (Å²) in [5.41, 5.74) is -0.462. The van der Waals surface area contributed by atoms with E-state index < -0.39 is 5.60 Å². The molecule has 1 amide bonds. The Hall–Kier alpha value is -1.03. The first-order valence-corrected chi connectivity index (χ1v) is 6.60. The van der Waals surface area contributed by atoms with Gasteiger partial charge in [-0.2, -0.15) is 0 Å². The third kappa shape index (κ3) is 4.69. The Morgan fingerprint density at radius 3 is 2.83 bits per heavy atom. The smallest absolute Gasteiger partial charge is 0.410 e. The van der Waals surface area contributed by atoms with Crippen molar-refractivity contribution in [3.63, 3.8) is 0 Å². The molecule has 1 N–H and O–H groups in total. The van der Waals surface area contributed by atoms with Crippen LogP contribution in [-0.4, -0.2) is 40.9 Å². The lowest BCUT2D eigenvalue weighted by Crippen LogP contribution is -2.36. The van der Waals surface area contributed by atoms with Gasteiger partial charge >= 0.3 is 6.09 Å². The Labute approximate surface area is 110 Å². The Kier molecular flexibility index (Phi) is 5.20. The first kappa shape index (κ1) is 15.0. The van der Waals surface area contributed by atoms with E-state index in [1.54, 1.807) is 4.90 Å². The van der Waals surface area contributed by atoms with Crippen molar-refractivity contribution in [3.05, 3.63) is 12.7 Å². The lowest BCUT2D eigenvalue weighted by Gasteiger charge is -2.25. The van der Waals surface area contributed by atoms with Crippen LogP contribution >= 0.6 is 0 Å². The molecule has 1 rings (SSSR count). The fourth-order valence-electron chi connectivity index (χ4n) is 2.12. The van der Waals surface area contributed by atoms with E-state index in [1.165, 1.54) is 0 Å². The molecule has 1 heterocycles. The van der Waals surface area contributed by atoms with Gasteiger partial charge in [-0.25, -0.2) is 4.79 Å². The number of ether oxygens (including phenoxy) is 1. The van der Waals surface area contributed by atoms with E-state index in [4.69, 9.17) is 4.74 Å². The SMILES string of the molecule is C=CCCC(O)[C@@H]1CCN(C(=O)OC(C)(C)C)C1. The van der Waals surface area contributed by atoms with Crippen LogP contribution in [0.1, 0.15) is 40.0 Å². The number of hydrogen-bond donors (Lipinski definition) is 1. The summed E-state index contributed by atoms with van der Waals surface area (Å²) in [6, 6.07) is 0. The summed E-state index contributed by atoms with van der Waals surface area (Å²) >= 11 is 0. The summed E-state index contributed by atoms with van der Waals surface area (Å²) in [5.74, 6) is 0.164. The maximum absolute atomic E-state index is 11.8. The van der Waals surface area contributed by atoms with Crippen molar-refractivity contribution < 1.29 is 14.6 Å². The van der Waals surface area contributed by atoms with Crippen LogP contribution in [0.15, 0.2) is 12.7 Å². The number of carbonyl (C=O) groups is 1. The Bertz CT molecular complexity index is 296. The van der Waals surface area contributed by atoms with Crippen LogP contribution in [0, 0.1) is 5.92 Å². The molecule has 0 aromatic rings. The summed E-state index contributed by atoms with van der Waals surface area (Å²) in [6.07, 6.45) is 3.55. The molecule has 2 atom stereocenters. The van der Waals surface area contributed by atoms with E-state index in [1.807, 2.05) is 26.8 Å². The number of nitrogens with zero attached hydrogens (tertiary/aromatic N) is 1. The van der Waals surface area contributed by atoms with Gasteiger partial charge in [0.05, 0.1) is 6.10 Å². The number of rotatable bonds is 4. The molecule has 0 radical (unpaired) electrons. The van der Waals surface area contributed by atoms with E-state index >= 15 is 0 Å². The number of allylic oxidation sites excluding steroid dienone is 1. The topological polar surface area (TPSA) is 49.8 Å². The largest absolute Gasteiger partial charge is 0.444 e. The number of amides is 1. The van der Waals surface area contributed by atoms with Crippen molar-refractivity contribution in [2.75, 3.05) is 13.1 Å². The molecule has 0 aromatic carbocycles. The highest BCUT2D eigenvalue weighted by Gasteiger charge is 2.32. The minimum absolute atomic E-state index is 0.164. The van der Waals surface area contributed by atoms with Gasteiger partial charge in [0.2, 0.25) is 0 Å². The summed E-state index contributed by atoms with van der Waals surface area (Å²) in [6.45, 7) is 10.5. The second-order valence-electron chi connectivity index (χ2n) is 5.91. The van der Waals surface area contributed by atoms with E-state index in [0.29, 0.717) is 13.1 Å². The zero-order valence-electron chi connectivity index (χ0n) is 11.7. The summed E-state index contributed by atoms with van der Waals surface area (Å²) < 4.78 is 5.32. The molecular formula is C14H25NO3. The molecular weight excluding hydrogens is 230 g/mol. The van der Waals surface area contributed by atoms with Gasteiger partial charge in [-0.1, -0.05) is 6.08 Å². The zero-order chi connectivity index (χ0) is 13.8. The zero-order valence-corrected chi connectivity index (χ0v) is 11.7. The van der Waals surface area contributed by atoms with Crippen molar-refractivity contribution in [3.8, 4) is 0 Å². The minimum Gasteiger partial charge on any atom is -0.444 e. The van der Waals surface area contributed by atoms with Crippen LogP contribution in [0.25, 0.3) is 0 Å². The van der Waals surface area contributed by atoms with Crippen molar-refractivity contribution in [1.29, 1.82) is 0 Å². The first-order valence-electron chi connectivity index (χ1n) is 6.60. The Morgan fingerprint density at radius 2 is 2.28 bits per heavy atom. The van der Waals surface area contributed by atoms with Crippen LogP contribution in [0.5, 0.6) is 0 Å². The van der Waals surface area contributed by atoms with Crippen molar-refractivity contribution in [1.82, 2.24) is 4.90 Å². The molecule has 1 aliphatic heterocycles. The van der Waals surface area contributed by atoms with Crippen molar-refractivity contribution >= 4 is 6.09 Å². The normalized spacial score (nSPS) is 21.8. The van der Waals surface area contributed by atoms with Crippen molar-refractivity contribution in [2.24, 2.45) is 5.92 Å². The van der Waals surface area contributed by atoms with E-state index in [9.17, 15) is 9.90 Å². The van der Waals surface area contributed by atoms with Gasteiger partial charge in [0, 0.05) is 19.0 Å². The maximum atomic E-state index is 11.8. The molecule has 18 heavy (non-hydrogen) atoms. The van der Waals surface area contributed by atoms with Gasteiger partial charge in [-0.3, -0.25) is 0 Å². The molecule has 0 aromatic heterocycles. The molecule has 0 bridgehead atoms. The van der Waals surface area contributed by atoms with Gasteiger partial charge in [-0.05, 0) is 40.0 Å². The highest BCUT2D eigenvalue weighted by Crippen LogP contribution is 2.24. The fourth-order valence-corrected chi connectivity index (χ4v) is 2.12. The quantitative estimate of drug-likeness (QED) is 0.785. The third-order valence-electron chi connectivity index (χ3n) is 3.09. The molecule has 1 saturated heterocycles. The number of carbonyl (C=O) groups excluding carboxylic acids is 1. The predicted octanol–water partition coefficient (Wildman–Crippen LogP) is 2.57. The molecule has 1 fully saturated rings. The van der Waals surface area contributed by atoms with Crippen LogP contribution in [0.4, 0.5) is 4.79 Å². The summed E-state index contributed by atoms with van der Waals surface area (Å²) in [4.78, 5) is 13.5. The lowest BCUT2D eigenvalue weighted by atomic mass is 9.98. The van der Waals surface area contributed by atoms with Crippen LogP contribution in [0.3, 0.4) is 0 Å². The number of aliphatic hydroxyl groups excluding tert-OH is 1. The van der Waals surface area contributed by atoms with Gasteiger partial charge in [-0.15, -0.1) is 6.58 Å².